The lowest BCUT2D eigenvalue weighted by Gasteiger charge is -2.19. The molecule has 7 nitrogen and oxygen atoms in total. The van der Waals surface area contributed by atoms with Gasteiger partial charge >= 0.3 is 7.67 Å². The number of alkyl halides is 2. The van der Waals surface area contributed by atoms with E-state index in [1.165, 1.54) is 23.9 Å². The topological polar surface area (TPSA) is 93.5 Å². The molecule has 0 fully saturated rings. The quantitative estimate of drug-likeness (QED) is 0.138. The molecule has 2 N–H and O–H groups in total. The van der Waals surface area contributed by atoms with Crippen molar-refractivity contribution in [3.8, 4) is 0 Å². The van der Waals surface area contributed by atoms with Crippen molar-refractivity contribution in [1.82, 2.24) is 10.2 Å². The van der Waals surface area contributed by atoms with E-state index in [1.54, 1.807) is 12.1 Å². The average molecular weight is 402 g/mol. The molecule has 0 spiro atoms. The number of benzene rings is 1. The first-order chi connectivity index (χ1) is 11.0. The number of nitrogens with zero attached hydrogens (tertiary/aromatic N) is 1. The molecular formula is C12H18Cl2N3O4PS. The van der Waals surface area contributed by atoms with Gasteiger partial charge in [-0.1, -0.05) is 0 Å². The van der Waals surface area contributed by atoms with Gasteiger partial charge in [-0.15, -0.1) is 35.0 Å². The summed E-state index contributed by atoms with van der Waals surface area (Å²) in [6, 6.07) is 6.22. The monoisotopic (exact) mass is 401 g/mol. The number of nitro groups is 1. The standard InChI is InChI=1S/C12H18Cl2N3O4PS/c13-5-7-15-22(20,16-8-6-14)21-9-10-23-12-3-1-11(2-4-12)17(18)19/h1-4H,5-10H2,(H2,15,16,20). The van der Waals surface area contributed by atoms with Crippen LogP contribution >= 0.6 is 42.6 Å². The molecular weight excluding hydrogens is 384 g/mol. The first kappa shape index (κ1) is 20.7. The van der Waals surface area contributed by atoms with Gasteiger partial charge in [-0.3, -0.25) is 14.7 Å². The van der Waals surface area contributed by atoms with Crippen molar-refractivity contribution < 1.29 is 14.0 Å². The molecule has 11 heteroatoms. The number of hydrogen-bond donors (Lipinski definition) is 2. The van der Waals surface area contributed by atoms with Crippen LogP contribution in [0.25, 0.3) is 0 Å². The van der Waals surface area contributed by atoms with Crippen LogP contribution in [0.5, 0.6) is 0 Å². The second-order valence-electron chi connectivity index (χ2n) is 4.18. The number of thioether (sulfide) groups is 1. The summed E-state index contributed by atoms with van der Waals surface area (Å²) in [6.45, 7) is 0.941. The van der Waals surface area contributed by atoms with Crippen LogP contribution in [0.4, 0.5) is 5.69 Å². The third kappa shape index (κ3) is 8.35. The van der Waals surface area contributed by atoms with E-state index in [0.717, 1.165) is 4.90 Å². The highest BCUT2D eigenvalue weighted by Gasteiger charge is 2.21. The Morgan fingerprint density at radius 3 is 2.22 bits per heavy atom. The average Bonchev–Trinajstić information content (AvgIpc) is 2.56. The van der Waals surface area contributed by atoms with Crippen LogP contribution in [0.3, 0.4) is 0 Å². The number of halogens is 2. The van der Waals surface area contributed by atoms with Gasteiger partial charge in [0.1, 0.15) is 0 Å². The van der Waals surface area contributed by atoms with Gasteiger partial charge in [0, 0.05) is 47.6 Å². The SMILES string of the molecule is O=[N+]([O-])c1ccc(SCCOP(=O)(NCCCl)NCCCl)cc1. The lowest BCUT2D eigenvalue weighted by molar-refractivity contribution is -0.384. The van der Waals surface area contributed by atoms with Crippen LogP contribution in [-0.2, 0) is 9.09 Å². The van der Waals surface area contributed by atoms with Crippen molar-refractivity contribution >= 4 is 48.3 Å². The second-order valence-corrected chi connectivity index (χ2v) is 8.10. The zero-order valence-corrected chi connectivity index (χ0v) is 15.5. The van der Waals surface area contributed by atoms with Gasteiger partial charge in [-0.05, 0) is 12.1 Å². The third-order valence-corrected chi connectivity index (χ3v) is 5.68. The van der Waals surface area contributed by atoms with Gasteiger partial charge in [0.2, 0.25) is 0 Å². The van der Waals surface area contributed by atoms with Gasteiger partial charge in [-0.25, -0.2) is 10.2 Å². The van der Waals surface area contributed by atoms with Crippen LogP contribution in [0.2, 0.25) is 0 Å². The summed E-state index contributed by atoms with van der Waals surface area (Å²) in [5.41, 5.74) is 0.0469. The van der Waals surface area contributed by atoms with Crippen LogP contribution in [-0.4, -0.2) is 42.1 Å². The molecule has 23 heavy (non-hydrogen) atoms. The number of rotatable bonds is 12. The molecule has 1 aromatic rings. The molecule has 0 aromatic heterocycles. The molecule has 1 aromatic carbocycles. The van der Waals surface area contributed by atoms with E-state index in [2.05, 4.69) is 10.2 Å². The molecule has 0 saturated heterocycles. The molecule has 130 valence electrons. The normalized spacial score (nSPS) is 11.6. The highest BCUT2D eigenvalue weighted by Crippen LogP contribution is 2.37. The van der Waals surface area contributed by atoms with E-state index in [4.69, 9.17) is 27.7 Å². The summed E-state index contributed by atoms with van der Waals surface area (Å²) in [7, 11) is -3.17. The predicted octanol–water partition coefficient (Wildman–Crippen LogP) is 3.47. The molecule has 0 aliphatic rings. The molecule has 0 unspecified atom stereocenters. The van der Waals surface area contributed by atoms with Gasteiger partial charge in [0.05, 0.1) is 11.5 Å². The Hall–Kier alpha value is -0.340. The van der Waals surface area contributed by atoms with Gasteiger partial charge < -0.3 is 4.52 Å². The first-order valence-corrected chi connectivity index (χ1v) is 10.4. The molecule has 0 atom stereocenters. The Morgan fingerprint density at radius 1 is 1.17 bits per heavy atom. The van der Waals surface area contributed by atoms with Crippen LogP contribution in [0.15, 0.2) is 29.2 Å². The fourth-order valence-electron chi connectivity index (χ4n) is 1.52. The van der Waals surface area contributed by atoms with Crippen LogP contribution in [0, 0.1) is 10.1 Å². The van der Waals surface area contributed by atoms with Crippen LogP contribution in [0.1, 0.15) is 0 Å². The molecule has 0 bridgehead atoms. The van der Waals surface area contributed by atoms with Gasteiger partial charge in [0.15, 0.2) is 0 Å². The van der Waals surface area contributed by atoms with Crippen molar-refractivity contribution in [3.63, 3.8) is 0 Å². The number of hydrogen-bond acceptors (Lipinski definition) is 5. The molecule has 0 heterocycles. The minimum atomic E-state index is -3.17. The Bertz CT molecular complexity index is 524. The third-order valence-electron chi connectivity index (χ3n) is 2.50. The van der Waals surface area contributed by atoms with Gasteiger partial charge in [0.25, 0.3) is 5.69 Å². The molecule has 0 aliphatic heterocycles. The zero-order chi connectivity index (χ0) is 17.1. The Labute approximate surface area is 149 Å². The highest BCUT2D eigenvalue weighted by atomic mass is 35.5. The summed E-state index contributed by atoms with van der Waals surface area (Å²) in [5, 5.41) is 16.1. The van der Waals surface area contributed by atoms with E-state index < -0.39 is 12.6 Å². The number of non-ortho nitro benzene ring substituents is 1. The van der Waals surface area contributed by atoms with Gasteiger partial charge in [-0.2, -0.15) is 0 Å². The maximum absolute atomic E-state index is 12.4. The van der Waals surface area contributed by atoms with Crippen molar-refractivity contribution in [3.05, 3.63) is 34.4 Å². The molecule has 0 amide bonds. The highest BCUT2D eigenvalue weighted by molar-refractivity contribution is 7.99. The zero-order valence-electron chi connectivity index (χ0n) is 12.2. The first-order valence-electron chi connectivity index (χ1n) is 6.75. The van der Waals surface area contributed by atoms with E-state index in [9.17, 15) is 14.7 Å². The van der Waals surface area contributed by atoms with Crippen LogP contribution < -0.4 is 10.2 Å². The number of nitro benzene ring substituents is 1. The van der Waals surface area contributed by atoms with E-state index in [1.807, 2.05) is 0 Å². The number of nitrogens with one attached hydrogen (secondary N) is 2. The molecule has 0 aliphatic carbocycles. The van der Waals surface area contributed by atoms with E-state index in [0.29, 0.717) is 30.6 Å². The van der Waals surface area contributed by atoms with E-state index >= 15 is 0 Å². The summed E-state index contributed by atoms with van der Waals surface area (Å²) in [5.74, 6) is 1.17. The molecule has 0 radical (unpaired) electrons. The summed E-state index contributed by atoms with van der Waals surface area (Å²) in [4.78, 5) is 11.0. The maximum Gasteiger partial charge on any atom is 0.340 e. The maximum atomic E-state index is 12.4. The fourth-order valence-corrected chi connectivity index (χ4v) is 4.28. The summed E-state index contributed by atoms with van der Waals surface area (Å²) >= 11 is 12.6. The Kier molecular flexibility index (Phi) is 10.1. The van der Waals surface area contributed by atoms with Crippen molar-refractivity contribution in [2.24, 2.45) is 0 Å². The van der Waals surface area contributed by atoms with Crippen molar-refractivity contribution in [1.29, 1.82) is 0 Å². The minimum Gasteiger partial charge on any atom is -0.305 e. The predicted molar refractivity (Wildman–Crippen MR) is 94.8 cm³/mol. The van der Waals surface area contributed by atoms with Crippen molar-refractivity contribution in [2.45, 2.75) is 4.90 Å². The molecule has 1 rings (SSSR count). The largest absolute Gasteiger partial charge is 0.340 e. The Morgan fingerprint density at radius 2 is 1.74 bits per heavy atom. The lowest BCUT2D eigenvalue weighted by atomic mass is 10.3. The minimum absolute atomic E-state index is 0.0469. The van der Waals surface area contributed by atoms with Crippen molar-refractivity contribution in [2.75, 3.05) is 37.2 Å². The molecule has 0 saturated carbocycles. The lowest BCUT2D eigenvalue weighted by Crippen LogP contribution is -2.27. The smallest absolute Gasteiger partial charge is 0.305 e. The fraction of sp³-hybridized carbons (Fsp3) is 0.500. The summed E-state index contributed by atoms with van der Waals surface area (Å²) in [6.07, 6.45) is 0. The second kappa shape index (κ2) is 11.3. The van der Waals surface area contributed by atoms with E-state index in [-0.39, 0.29) is 12.3 Å². The summed E-state index contributed by atoms with van der Waals surface area (Å²) < 4.78 is 17.8. The Balaban J connectivity index is 2.40.